The molecule has 0 bridgehead atoms. The average Bonchev–Trinajstić information content (AvgIpc) is 2.64. The van der Waals surface area contributed by atoms with Crippen LogP contribution in [0.1, 0.15) is 31.2 Å². The SMILES string of the molecule is Cc1ccc(NC(=O)C[C@H]2CCCCN2S(=O)(=O)c2ccccc2)cc1. The van der Waals surface area contributed by atoms with Gasteiger partial charge in [-0.25, -0.2) is 8.42 Å². The third-order valence-electron chi connectivity index (χ3n) is 4.68. The summed E-state index contributed by atoms with van der Waals surface area (Å²) in [6.45, 7) is 2.44. The van der Waals surface area contributed by atoms with Crippen molar-refractivity contribution in [3.8, 4) is 0 Å². The lowest BCUT2D eigenvalue weighted by Crippen LogP contribution is -2.45. The number of hydrogen-bond donors (Lipinski definition) is 1. The first-order valence-electron chi connectivity index (χ1n) is 8.90. The number of sulfonamides is 1. The number of nitrogens with one attached hydrogen (secondary N) is 1. The normalized spacial score (nSPS) is 18.4. The van der Waals surface area contributed by atoms with E-state index >= 15 is 0 Å². The van der Waals surface area contributed by atoms with Gasteiger partial charge in [-0.15, -0.1) is 0 Å². The Labute approximate surface area is 155 Å². The molecule has 1 atom stereocenters. The first kappa shape index (κ1) is 18.6. The summed E-state index contributed by atoms with van der Waals surface area (Å²) < 4.78 is 27.4. The van der Waals surface area contributed by atoms with Gasteiger partial charge in [0, 0.05) is 24.7 Å². The number of nitrogens with zero attached hydrogens (tertiary/aromatic N) is 1. The van der Waals surface area contributed by atoms with Crippen LogP contribution in [0.25, 0.3) is 0 Å². The van der Waals surface area contributed by atoms with Gasteiger partial charge in [0.15, 0.2) is 0 Å². The summed E-state index contributed by atoms with van der Waals surface area (Å²) in [6, 6.07) is 15.7. The van der Waals surface area contributed by atoms with E-state index in [1.807, 2.05) is 31.2 Å². The maximum absolute atomic E-state index is 13.0. The first-order chi connectivity index (χ1) is 12.5. The van der Waals surface area contributed by atoms with Crippen molar-refractivity contribution in [2.45, 2.75) is 43.5 Å². The molecule has 1 amide bonds. The zero-order valence-corrected chi connectivity index (χ0v) is 15.7. The van der Waals surface area contributed by atoms with Crippen LogP contribution in [-0.4, -0.2) is 31.2 Å². The molecule has 5 nitrogen and oxygen atoms in total. The number of carbonyl (C=O) groups is 1. The number of carbonyl (C=O) groups excluding carboxylic acids is 1. The molecule has 0 spiro atoms. The molecule has 0 saturated carbocycles. The number of amides is 1. The maximum Gasteiger partial charge on any atom is 0.243 e. The Kier molecular flexibility index (Phi) is 5.74. The quantitative estimate of drug-likeness (QED) is 0.872. The van der Waals surface area contributed by atoms with Crippen molar-refractivity contribution in [2.24, 2.45) is 0 Å². The van der Waals surface area contributed by atoms with Crippen LogP contribution in [0, 0.1) is 6.92 Å². The second-order valence-corrected chi connectivity index (χ2v) is 8.59. The van der Waals surface area contributed by atoms with Gasteiger partial charge in [-0.3, -0.25) is 4.79 Å². The fraction of sp³-hybridized carbons (Fsp3) is 0.350. The maximum atomic E-state index is 13.0. The summed E-state index contributed by atoms with van der Waals surface area (Å²) in [5.74, 6) is -0.158. The Morgan fingerprint density at radius 1 is 1.08 bits per heavy atom. The van der Waals surface area contributed by atoms with Crippen LogP contribution in [0.4, 0.5) is 5.69 Å². The number of anilines is 1. The molecule has 1 aliphatic rings. The highest BCUT2D eigenvalue weighted by atomic mass is 32.2. The molecule has 2 aromatic rings. The van der Waals surface area contributed by atoms with Gasteiger partial charge in [0.2, 0.25) is 15.9 Å². The van der Waals surface area contributed by atoms with Crippen LogP contribution >= 0.6 is 0 Å². The van der Waals surface area contributed by atoms with Crippen molar-refractivity contribution in [2.75, 3.05) is 11.9 Å². The zero-order valence-electron chi connectivity index (χ0n) is 14.9. The van der Waals surface area contributed by atoms with E-state index in [4.69, 9.17) is 0 Å². The molecule has 1 fully saturated rings. The van der Waals surface area contributed by atoms with Gasteiger partial charge < -0.3 is 5.32 Å². The van der Waals surface area contributed by atoms with E-state index in [-0.39, 0.29) is 23.3 Å². The molecule has 3 rings (SSSR count). The molecule has 2 aromatic carbocycles. The smallest absolute Gasteiger partial charge is 0.243 e. The van der Waals surface area contributed by atoms with Crippen LogP contribution < -0.4 is 5.32 Å². The van der Waals surface area contributed by atoms with Crippen molar-refractivity contribution >= 4 is 21.6 Å². The van der Waals surface area contributed by atoms with E-state index in [9.17, 15) is 13.2 Å². The van der Waals surface area contributed by atoms with E-state index in [1.54, 1.807) is 30.3 Å². The Bertz CT molecular complexity index is 848. The highest BCUT2D eigenvalue weighted by molar-refractivity contribution is 7.89. The first-order valence-corrected chi connectivity index (χ1v) is 10.3. The van der Waals surface area contributed by atoms with Crippen molar-refractivity contribution in [3.05, 3.63) is 60.2 Å². The third-order valence-corrected chi connectivity index (χ3v) is 6.65. The van der Waals surface area contributed by atoms with Gasteiger partial charge in [0.25, 0.3) is 0 Å². The van der Waals surface area contributed by atoms with Crippen LogP contribution in [0.2, 0.25) is 0 Å². The molecule has 0 radical (unpaired) electrons. The fourth-order valence-electron chi connectivity index (χ4n) is 3.29. The lowest BCUT2D eigenvalue weighted by molar-refractivity contribution is -0.117. The molecule has 138 valence electrons. The minimum atomic E-state index is -3.58. The summed E-state index contributed by atoms with van der Waals surface area (Å²) in [5, 5.41) is 2.87. The van der Waals surface area contributed by atoms with Gasteiger partial charge >= 0.3 is 0 Å². The molecule has 1 heterocycles. The molecular formula is C20H24N2O3S. The Morgan fingerprint density at radius 2 is 1.77 bits per heavy atom. The number of rotatable bonds is 5. The van der Waals surface area contributed by atoms with Crippen LogP contribution in [-0.2, 0) is 14.8 Å². The van der Waals surface area contributed by atoms with Crippen LogP contribution in [0.15, 0.2) is 59.5 Å². The van der Waals surface area contributed by atoms with Gasteiger partial charge in [0.1, 0.15) is 0 Å². The number of benzene rings is 2. The monoisotopic (exact) mass is 372 g/mol. The summed E-state index contributed by atoms with van der Waals surface area (Å²) in [6.07, 6.45) is 2.62. The Morgan fingerprint density at radius 3 is 2.46 bits per heavy atom. The van der Waals surface area contributed by atoms with Crippen molar-refractivity contribution in [3.63, 3.8) is 0 Å². The topological polar surface area (TPSA) is 66.5 Å². The molecule has 0 unspecified atom stereocenters. The molecule has 0 aliphatic carbocycles. The van der Waals surface area contributed by atoms with Crippen molar-refractivity contribution < 1.29 is 13.2 Å². The van der Waals surface area contributed by atoms with Gasteiger partial charge in [0.05, 0.1) is 4.90 Å². The van der Waals surface area contributed by atoms with E-state index in [1.165, 1.54) is 4.31 Å². The van der Waals surface area contributed by atoms with E-state index in [0.29, 0.717) is 13.0 Å². The average molecular weight is 372 g/mol. The zero-order chi connectivity index (χ0) is 18.6. The molecule has 1 N–H and O–H groups in total. The highest BCUT2D eigenvalue weighted by Gasteiger charge is 2.34. The minimum absolute atomic E-state index is 0.158. The van der Waals surface area contributed by atoms with Crippen LogP contribution in [0.5, 0.6) is 0 Å². The molecule has 1 saturated heterocycles. The largest absolute Gasteiger partial charge is 0.326 e. The summed E-state index contributed by atoms with van der Waals surface area (Å²) in [5.41, 5.74) is 1.85. The summed E-state index contributed by atoms with van der Waals surface area (Å²) >= 11 is 0. The third kappa shape index (κ3) is 4.31. The summed E-state index contributed by atoms with van der Waals surface area (Å²) in [4.78, 5) is 12.7. The van der Waals surface area contributed by atoms with Crippen LogP contribution in [0.3, 0.4) is 0 Å². The fourth-order valence-corrected chi connectivity index (χ4v) is 5.00. The molecule has 6 heteroatoms. The molecule has 1 aliphatic heterocycles. The van der Waals surface area contributed by atoms with E-state index in [0.717, 1.165) is 24.1 Å². The second kappa shape index (κ2) is 8.01. The minimum Gasteiger partial charge on any atom is -0.326 e. The molecule has 0 aromatic heterocycles. The lowest BCUT2D eigenvalue weighted by atomic mass is 10.0. The predicted octanol–water partition coefficient (Wildman–Crippen LogP) is 3.57. The van der Waals surface area contributed by atoms with Gasteiger partial charge in [-0.05, 0) is 44.0 Å². The van der Waals surface area contributed by atoms with Gasteiger partial charge in [-0.1, -0.05) is 42.3 Å². The molecular weight excluding hydrogens is 348 g/mol. The summed E-state index contributed by atoms with van der Waals surface area (Å²) in [7, 11) is -3.58. The standard InChI is InChI=1S/C20H24N2O3S/c1-16-10-12-17(13-11-16)21-20(23)15-18-7-5-6-14-22(18)26(24,25)19-8-3-2-4-9-19/h2-4,8-13,18H,5-7,14-15H2,1H3,(H,21,23)/t18-/m1/s1. The predicted molar refractivity (Wildman–Crippen MR) is 102 cm³/mol. The second-order valence-electron chi connectivity index (χ2n) is 6.70. The van der Waals surface area contributed by atoms with Crippen molar-refractivity contribution in [1.29, 1.82) is 0 Å². The molecule has 26 heavy (non-hydrogen) atoms. The number of aryl methyl sites for hydroxylation is 1. The van der Waals surface area contributed by atoms with E-state index in [2.05, 4.69) is 5.32 Å². The highest BCUT2D eigenvalue weighted by Crippen LogP contribution is 2.27. The number of hydrogen-bond acceptors (Lipinski definition) is 3. The van der Waals surface area contributed by atoms with Gasteiger partial charge in [-0.2, -0.15) is 4.31 Å². The Balaban J connectivity index is 1.72. The van der Waals surface area contributed by atoms with E-state index < -0.39 is 10.0 Å². The lowest BCUT2D eigenvalue weighted by Gasteiger charge is -2.34. The number of piperidine rings is 1. The Hall–Kier alpha value is -2.18. The van der Waals surface area contributed by atoms with Crippen molar-refractivity contribution in [1.82, 2.24) is 4.31 Å².